The fraction of sp³-hybridized carbons (Fsp3) is 1.00. The number of nitrogens with one attached hydrogen (secondary N) is 1. The van der Waals surface area contributed by atoms with Crippen molar-refractivity contribution < 1.29 is 4.74 Å². The highest BCUT2D eigenvalue weighted by Crippen LogP contribution is 2.30. The van der Waals surface area contributed by atoms with E-state index in [4.69, 9.17) is 4.74 Å². The molecule has 1 fully saturated rings. The third-order valence-electron chi connectivity index (χ3n) is 2.71. The number of ether oxygens (including phenoxy) is 1. The molecule has 1 unspecified atom stereocenters. The van der Waals surface area contributed by atoms with Gasteiger partial charge in [-0.1, -0.05) is 6.92 Å². The van der Waals surface area contributed by atoms with Crippen LogP contribution in [0.4, 0.5) is 0 Å². The Morgan fingerprint density at radius 3 is 2.82 bits per heavy atom. The van der Waals surface area contributed by atoms with Crippen molar-refractivity contribution in [3.63, 3.8) is 0 Å². The van der Waals surface area contributed by atoms with E-state index in [9.17, 15) is 0 Å². The maximum Gasteiger partial charge on any atom is 0.0534 e. The van der Waals surface area contributed by atoms with Gasteiger partial charge in [-0.2, -0.15) is 0 Å². The molecule has 11 heavy (non-hydrogen) atoms. The van der Waals surface area contributed by atoms with Gasteiger partial charge in [0.2, 0.25) is 0 Å². The van der Waals surface area contributed by atoms with Crippen LogP contribution in [0.5, 0.6) is 0 Å². The highest BCUT2D eigenvalue weighted by Gasteiger charge is 2.29. The van der Waals surface area contributed by atoms with Crippen LogP contribution in [-0.2, 0) is 4.74 Å². The Morgan fingerprint density at radius 1 is 1.55 bits per heavy atom. The van der Waals surface area contributed by atoms with E-state index in [-0.39, 0.29) is 0 Å². The molecule has 2 nitrogen and oxygen atoms in total. The Bertz CT molecular complexity index is 103. The van der Waals surface area contributed by atoms with Gasteiger partial charge in [0.05, 0.1) is 6.61 Å². The van der Waals surface area contributed by atoms with Gasteiger partial charge in [0.1, 0.15) is 0 Å². The van der Waals surface area contributed by atoms with Crippen LogP contribution in [-0.4, -0.2) is 26.8 Å². The van der Waals surface area contributed by atoms with Crippen molar-refractivity contribution in [1.29, 1.82) is 0 Å². The summed E-state index contributed by atoms with van der Waals surface area (Å²) in [6.07, 6.45) is 3.79. The first kappa shape index (κ1) is 9.01. The lowest BCUT2D eigenvalue weighted by Crippen LogP contribution is -2.39. The number of rotatable bonds is 3. The molecule has 0 amide bonds. The van der Waals surface area contributed by atoms with Crippen LogP contribution in [0, 0.1) is 5.41 Å². The average molecular weight is 157 g/mol. The van der Waals surface area contributed by atoms with Crippen molar-refractivity contribution in [3.05, 3.63) is 0 Å². The van der Waals surface area contributed by atoms with Crippen LogP contribution in [0.25, 0.3) is 0 Å². The fourth-order valence-corrected chi connectivity index (χ4v) is 1.83. The van der Waals surface area contributed by atoms with Crippen molar-refractivity contribution in [2.45, 2.75) is 26.2 Å². The summed E-state index contributed by atoms with van der Waals surface area (Å²) in [7, 11) is 2.02. The summed E-state index contributed by atoms with van der Waals surface area (Å²) in [4.78, 5) is 0. The predicted molar refractivity (Wildman–Crippen MR) is 46.7 cm³/mol. The molecular weight excluding hydrogens is 138 g/mol. The lowest BCUT2D eigenvalue weighted by Gasteiger charge is -2.36. The van der Waals surface area contributed by atoms with Gasteiger partial charge < -0.3 is 10.1 Å². The van der Waals surface area contributed by atoms with Gasteiger partial charge in [-0.15, -0.1) is 0 Å². The predicted octanol–water partition coefficient (Wildman–Crippen LogP) is 1.41. The molecule has 0 bridgehead atoms. The van der Waals surface area contributed by atoms with Crippen LogP contribution >= 0.6 is 0 Å². The summed E-state index contributed by atoms with van der Waals surface area (Å²) in [6.45, 7) is 5.27. The molecule has 1 heterocycles. The number of hydrogen-bond acceptors (Lipinski definition) is 2. The summed E-state index contributed by atoms with van der Waals surface area (Å²) in [5, 5.41) is 3.25. The van der Waals surface area contributed by atoms with Crippen LogP contribution in [0.2, 0.25) is 0 Å². The van der Waals surface area contributed by atoms with Gasteiger partial charge in [-0.3, -0.25) is 0 Å². The van der Waals surface area contributed by atoms with Gasteiger partial charge in [0.15, 0.2) is 0 Å². The van der Waals surface area contributed by atoms with Crippen LogP contribution in [0.3, 0.4) is 0 Å². The molecule has 1 rings (SSSR count). The van der Waals surface area contributed by atoms with E-state index >= 15 is 0 Å². The first-order valence-corrected chi connectivity index (χ1v) is 4.55. The van der Waals surface area contributed by atoms with Gasteiger partial charge in [-0.05, 0) is 26.3 Å². The van der Waals surface area contributed by atoms with Gasteiger partial charge in [0.25, 0.3) is 0 Å². The summed E-state index contributed by atoms with van der Waals surface area (Å²) >= 11 is 0. The maximum absolute atomic E-state index is 5.49. The monoisotopic (exact) mass is 157 g/mol. The van der Waals surface area contributed by atoms with E-state index in [0.29, 0.717) is 5.41 Å². The minimum Gasteiger partial charge on any atom is -0.381 e. The van der Waals surface area contributed by atoms with Crippen molar-refractivity contribution in [2.75, 3.05) is 26.8 Å². The summed E-state index contributed by atoms with van der Waals surface area (Å²) in [5.41, 5.74) is 0.438. The normalized spacial score (nSPS) is 32.2. The van der Waals surface area contributed by atoms with E-state index in [1.165, 1.54) is 19.3 Å². The van der Waals surface area contributed by atoms with Gasteiger partial charge in [-0.25, -0.2) is 0 Å². The molecule has 0 aromatic heterocycles. The van der Waals surface area contributed by atoms with Gasteiger partial charge >= 0.3 is 0 Å². The second-order valence-electron chi connectivity index (χ2n) is 3.54. The fourth-order valence-electron chi connectivity index (χ4n) is 1.83. The molecule has 1 aliphatic rings. The van der Waals surface area contributed by atoms with E-state index in [1.54, 1.807) is 0 Å². The third-order valence-corrected chi connectivity index (χ3v) is 2.71. The zero-order valence-electron chi connectivity index (χ0n) is 7.65. The van der Waals surface area contributed by atoms with Crippen molar-refractivity contribution in [3.8, 4) is 0 Å². The van der Waals surface area contributed by atoms with E-state index < -0.39 is 0 Å². The van der Waals surface area contributed by atoms with Gasteiger partial charge in [0, 0.05) is 18.6 Å². The lowest BCUT2D eigenvalue weighted by atomic mass is 9.80. The second kappa shape index (κ2) is 4.07. The maximum atomic E-state index is 5.49. The molecule has 1 N–H and O–H groups in total. The zero-order chi connectivity index (χ0) is 8.16. The molecule has 2 heteroatoms. The standard InChI is InChI=1S/C9H19NO/c1-3-9(7-10-2)5-4-6-11-8-9/h10H,3-8H2,1-2H3. The molecule has 1 saturated heterocycles. The Kier molecular flexibility index (Phi) is 3.34. The molecule has 66 valence electrons. The SMILES string of the molecule is CCC1(CNC)CCCOC1. The summed E-state index contributed by atoms with van der Waals surface area (Å²) < 4.78 is 5.49. The third kappa shape index (κ3) is 2.17. The summed E-state index contributed by atoms with van der Waals surface area (Å²) in [5.74, 6) is 0. The molecule has 0 radical (unpaired) electrons. The van der Waals surface area contributed by atoms with E-state index in [1.807, 2.05) is 7.05 Å². The Morgan fingerprint density at radius 2 is 2.36 bits per heavy atom. The molecular formula is C9H19NO. The number of hydrogen-bond donors (Lipinski definition) is 1. The Labute approximate surface area is 69.3 Å². The smallest absolute Gasteiger partial charge is 0.0534 e. The van der Waals surface area contributed by atoms with Crippen molar-refractivity contribution in [2.24, 2.45) is 5.41 Å². The highest BCUT2D eigenvalue weighted by atomic mass is 16.5. The topological polar surface area (TPSA) is 21.3 Å². The molecule has 0 aliphatic carbocycles. The molecule has 1 atom stereocenters. The van der Waals surface area contributed by atoms with Crippen LogP contribution in [0.1, 0.15) is 26.2 Å². The largest absolute Gasteiger partial charge is 0.381 e. The van der Waals surface area contributed by atoms with Crippen LogP contribution < -0.4 is 5.32 Å². The van der Waals surface area contributed by atoms with Crippen molar-refractivity contribution in [1.82, 2.24) is 5.32 Å². The van der Waals surface area contributed by atoms with Crippen LogP contribution in [0.15, 0.2) is 0 Å². The molecule has 0 spiro atoms. The van der Waals surface area contributed by atoms with E-state index in [2.05, 4.69) is 12.2 Å². The van der Waals surface area contributed by atoms with Crippen molar-refractivity contribution >= 4 is 0 Å². The highest BCUT2D eigenvalue weighted by molar-refractivity contribution is 4.81. The average Bonchev–Trinajstić information content (AvgIpc) is 2.07. The quantitative estimate of drug-likeness (QED) is 0.669. The second-order valence-corrected chi connectivity index (χ2v) is 3.54. The minimum absolute atomic E-state index is 0.438. The Hall–Kier alpha value is -0.0800. The first-order valence-electron chi connectivity index (χ1n) is 4.55. The molecule has 0 aromatic rings. The summed E-state index contributed by atoms with van der Waals surface area (Å²) in [6, 6.07) is 0. The minimum atomic E-state index is 0.438. The lowest BCUT2D eigenvalue weighted by molar-refractivity contribution is -0.00845. The van der Waals surface area contributed by atoms with E-state index in [0.717, 1.165) is 19.8 Å². The Balaban J connectivity index is 2.42. The first-order chi connectivity index (χ1) is 5.33. The molecule has 0 aromatic carbocycles. The molecule has 0 saturated carbocycles. The zero-order valence-corrected chi connectivity index (χ0v) is 7.65. The molecule has 1 aliphatic heterocycles.